The zero-order chi connectivity index (χ0) is 17.1. The van der Waals surface area contributed by atoms with Crippen molar-refractivity contribution in [1.82, 2.24) is 9.97 Å². The zero-order valence-electron chi connectivity index (χ0n) is 13.5. The molecule has 0 aliphatic rings. The largest absolute Gasteiger partial charge is 0.496 e. The van der Waals surface area contributed by atoms with Gasteiger partial charge in [-0.3, -0.25) is 0 Å². The predicted octanol–water partition coefficient (Wildman–Crippen LogP) is 5.22. The minimum atomic E-state index is 0.674. The summed E-state index contributed by atoms with van der Waals surface area (Å²) in [6.07, 6.45) is 4.91. The van der Waals surface area contributed by atoms with Gasteiger partial charge < -0.3 is 14.5 Å². The van der Waals surface area contributed by atoms with E-state index in [9.17, 15) is 0 Å². The first-order valence-electron chi connectivity index (χ1n) is 7.68. The summed E-state index contributed by atoms with van der Waals surface area (Å²) in [5, 5.41) is 5.32. The van der Waals surface area contributed by atoms with E-state index in [2.05, 4.69) is 27.4 Å². The van der Waals surface area contributed by atoms with Gasteiger partial charge in [0.1, 0.15) is 15.8 Å². The molecule has 0 amide bonds. The minimum absolute atomic E-state index is 0.674. The van der Waals surface area contributed by atoms with Gasteiger partial charge in [0.05, 0.1) is 25.1 Å². The smallest absolute Gasteiger partial charge is 0.181 e. The molecule has 5 nitrogen and oxygen atoms in total. The number of hydrogen-bond acceptors (Lipinski definition) is 6. The monoisotopic (exact) mass is 349 g/mol. The molecule has 0 atom stereocenters. The van der Waals surface area contributed by atoms with E-state index in [1.165, 1.54) is 6.39 Å². The fraction of sp³-hybridized carbons (Fsp3) is 0.0526. The number of rotatable bonds is 5. The van der Waals surface area contributed by atoms with Crippen molar-refractivity contribution < 1.29 is 9.15 Å². The number of nitrogens with zero attached hydrogens (tertiary/aromatic N) is 2. The molecule has 25 heavy (non-hydrogen) atoms. The topological polar surface area (TPSA) is 60.2 Å². The van der Waals surface area contributed by atoms with E-state index < -0.39 is 0 Å². The average molecular weight is 349 g/mol. The Kier molecular flexibility index (Phi) is 4.18. The molecule has 4 rings (SSSR count). The van der Waals surface area contributed by atoms with Crippen LogP contribution in [0.4, 0.5) is 10.7 Å². The molecule has 2 heterocycles. The SMILES string of the molecule is COc1cc(Nc2cnc(-c3ccccc3)s2)ccc1-c1cnco1. The van der Waals surface area contributed by atoms with Crippen molar-refractivity contribution in [2.45, 2.75) is 0 Å². The van der Waals surface area contributed by atoms with Crippen molar-refractivity contribution in [1.29, 1.82) is 0 Å². The summed E-state index contributed by atoms with van der Waals surface area (Å²) in [5.74, 6) is 1.39. The fourth-order valence-corrected chi connectivity index (χ4v) is 3.35. The lowest BCUT2D eigenvalue weighted by molar-refractivity contribution is 0.415. The van der Waals surface area contributed by atoms with Crippen LogP contribution < -0.4 is 10.1 Å². The second-order valence-corrected chi connectivity index (χ2v) is 6.33. The molecule has 0 radical (unpaired) electrons. The Hall–Kier alpha value is -3.12. The highest BCUT2D eigenvalue weighted by molar-refractivity contribution is 7.19. The summed E-state index contributed by atoms with van der Waals surface area (Å²) in [7, 11) is 1.64. The van der Waals surface area contributed by atoms with Crippen LogP contribution >= 0.6 is 11.3 Å². The summed E-state index contributed by atoms with van der Waals surface area (Å²) in [6.45, 7) is 0. The summed E-state index contributed by atoms with van der Waals surface area (Å²) < 4.78 is 10.8. The summed E-state index contributed by atoms with van der Waals surface area (Å²) in [6, 6.07) is 16.0. The normalized spacial score (nSPS) is 10.6. The number of hydrogen-bond donors (Lipinski definition) is 1. The van der Waals surface area contributed by atoms with E-state index in [1.807, 2.05) is 42.6 Å². The van der Waals surface area contributed by atoms with Gasteiger partial charge in [-0.05, 0) is 12.1 Å². The number of methoxy groups -OCH3 is 1. The summed E-state index contributed by atoms with van der Waals surface area (Å²) >= 11 is 1.60. The van der Waals surface area contributed by atoms with Crippen LogP contribution in [-0.4, -0.2) is 17.1 Å². The molecule has 0 bridgehead atoms. The van der Waals surface area contributed by atoms with Crippen LogP contribution in [-0.2, 0) is 0 Å². The molecule has 124 valence electrons. The molecular formula is C19H15N3O2S. The molecule has 0 saturated heterocycles. The number of benzene rings is 2. The predicted molar refractivity (Wildman–Crippen MR) is 99.3 cm³/mol. The van der Waals surface area contributed by atoms with Gasteiger partial charge >= 0.3 is 0 Å². The van der Waals surface area contributed by atoms with E-state index >= 15 is 0 Å². The van der Waals surface area contributed by atoms with E-state index in [4.69, 9.17) is 9.15 Å². The van der Waals surface area contributed by atoms with Crippen molar-refractivity contribution in [2.75, 3.05) is 12.4 Å². The van der Waals surface area contributed by atoms with Crippen LogP contribution in [0.2, 0.25) is 0 Å². The number of anilines is 2. The number of nitrogens with one attached hydrogen (secondary N) is 1. The first kappa shape index (κ1) is 15.4. The molecule has 2 aromatic carbocycles. The molecule has 2 aromatic heterocycles. The van der Waals surface area contributed by atoms with Gasteiger partial charge in [0, 0.05) is 17.3 Å². The minimum Gasteiger partial charge on any atom is -0.496 e. The molecule has 0 saturated carbocycles. The maximum absolute atomic E-state index is 5.48. The lowest BCUT2D eigenvalue weighted by atomic mass is 10.1. The van der Waals surface area contributed by atoms with Crippen molar-refractivity contribution in [3.05, 3.63) is 67.3 Å². The molecule has 0 unspecified atom stereocenters. The Bertz CT molecular complexity index is 966. The van der Waals surface area contributed by atoms with E-state index in [-0.39, 0.29) is 0 Å². The molecule has 6 heteroatoms. The Balaban J connectivity index is 1.58. The lowest BCUT2D eigenvalue weighted by Crippen LogP contribution is -1.91. The van der Waals surface area contributed by atoms with E-state index in [0.29, 0.717) is 5.76 Å². The zero-order valence-corrected chi connectivity index (χ0v) is 14.3. The second-order valence-electron chi connectivity index (χ2n) is 5.30. The Labute approximate surface area is 149 Å². The van der Waals surface area contributed by atoms with Crippen LogP contribution in [0.1, 0.15) is 0 Å². The highest BCUT2D eigenvalue weighted by Crippen LogP contribution is 2.35. The van der Waals surface area contributed by atoms with Crippen LogP contribution in [0.3, 0.4) is 0 Å². The maximum Gasteiger partial charge on any atom is 0.181 e. The van der Waals surface area contributed by atoms with Crippen molar-refractivity contribution in [2.24, 2.45) is 0 Å². The van der Waals surface area contributed by atoms with Gasteiger partial charge in [-0.2, -0.15) is 0 Å². The number of aromatic nitrogens is 2. The third-order valence-corrected chi connectivity index (χ3v) is 4.66. The third-order valence-electron chi connectivity index (χ3n) is 3.69. The van der Waals surface area contributed by atoms with Gasteiger partial charge in [0.2, 0.25) is 0 Å². The quantitative estimate of drug-likeness (QED) is 0.535. The first-order valence-corrected chi connectivity index (χ1v) is 8.50. The van der Waals surface area contributed by atoms with Crippen LogP contribution in [0, 0.1) is 0 Å². The molecule has 0 aliphatic heterocycles. The van der Waals surface area contributed by atoms with E-state index in [1.54, 1.807) is 24.6 Å². The molecular weight excluding hydrogens is 334 g/mol. The van der Waals surface area contributed by atoms with Gasteiger partial charge in [-0.1, -0.05) is 41.7 Å². The van der Waals surface area contributed by atoms with Crippen LogP contribution in [0.5, 0.6) is 5.75 Å². The molecule has 1 N–H and O–H groups in total. The highest BCUT2D eigenvalue weighted by Gasteiger charge is 2.11. The van der Waals surface area contributed by atoms with Gasteiger partial charge in [-0.15, -0.1) is 0 Å². The summed E-state index contributed by atoms with van der Waals surface area (Å²) in [5.41, 5.74) is 2.89. The van der Waals surface area contributed by atoms with Crippen molar-refractivity contribution >= 4 is 22.0 Å². The van der Waals surface area contributed by atoms with Crippen molar-refractivity contribution in [3.63, 3.8) is 0 Å². The Morgan fingerprint density at radius 2 is 1.96 bits per heavy atom. The number of thiazole rings is 1. The van der Waals surface area contributed by atoms with Crippen molar-refractivity contribution in [3.8, 4) is 27.6 Å². The third kappa shape index (κ3) is 3.25. The molecule has 0 spiro atoms. The van der Waals surface area contributed by atoms with Gasteiger partial charge in [0.15, 0.2) is 12.2 Å². The van der Waals surface area contributed by atoms with E-state index in [0.717, 1.165) is 32.6 Å². The Morgan fingerprint density at radius 3 is 2.72 bits per heavy atom. The average Bonchev–Trinajstić information content (AvgIpc) is 3.34. The van der Waals surface area contributed by atoms with Gasteiger partial charge in [0.25, 0.3) is 0 Å². The lowest BCUT2D eigenvalue weighted by Gasteiger charge is -2.09. The fourth-order valence-electron chi connectivity index (χ4n) is 2.51. The molecule has 0 fully saturated rings. The number of ether oxygens (including phenoxy) is 1. The Morgan fingerprint density at radius 1 is 1.08 bits per heavy atom. The maximum atomic E-state index is 5.48. The second kappa shape index (κ2) is 6.78. The summed E-state index contributed by atoms with van der Waals surface area (Å²) in [4.78, 5) is 8.44. The highest BCUT2D eigenvalue weighted by atomic mass is 32.1. The van der Waals surface area contributed by atoms with Crippen LogP contribution in [0.25, 0.3) is 21.9 Å². The van der Waals surface area contributed by atoms with Crippen LogP contribution in [0.15, 0.2) is 71.7 Å². The first-order chi connectivity index (χ1) is 12.3. The number of oxazole rings is 1. The van der Waals surface area contributed by atoms with Gasteiger partial charge in [-0.25, -0.2) is 9.97 Å². The molecule has 4 aromatic rings. The molecule has 0 aliphatic carbocycles. The standard InChI is InChI=1S/C19H15N3O2S/c1-23-16-9-14(7-8-15(16)17-10-20-12-24-17)22-18-11-21-19(25-18)13-5-3-2-4-6-13/h2-12,22H,1H3.